The number of nitrogens with zero attached hydrogens (tertiary/aromatic N) is 2. The molecule has 1 saturated heterocycles. The van der Waals surface area contributed by atoms with E-state index in [4.69, 9.17) is 5.73 Å². The van der Waals surface area contributed by atoms with Crippen LogP contribution in [0, 0.1) is 13.8 Å². The van der Waals surface area contributed by atoms with Crippen LogP contribution in [0.4, 0.5) is 5.13 Å². The van der Waals surface area contributed by atoms with Crippen LogP contribution in [0.1, 0.15) is 23.4 Å². The molecule has 2 heterocycles. The highest BCUT2D eigenvalue weighted by Crippen LogP contribution is 2.36. The third kappa shape index (κ3) is 2.61. The van der Waals surface area contributed by atoms with Gasteiger partial charge in [0.1, 0.15) is 0 Å². The first-order valence-electron chi connectivity index (χ1n) is 6.04. The molecule has 0 spiro atoms. The topological polar surface area (TPSA) is 42.1 Å². The zero-order chi connectivity index (χ0) is 12.5. The second-order valence-electron chi connectivity index (χ2n) is 4.72. The van der Waals surface area contributed by atoms with Crippen LogP contribution in [-0.2, 0) is 0 Å². The maximum Gasteiger partial charge on any atom is 0.185 e. The lowest BCUT2D eigenvalue weighted by Gasteiger charge is -2.40. The monoisotopic (exact) mass is 271 g/mol. The third-order valence-electron chi connectivity index (χ3n) is 3.77. The molecule has 0 atom stereocenters. The van der Waals surface area contributed by atoms with Crippen molar-refractivity contribution in [1.29, 1.82) is 0 Å². The van der Waals surface area contributed by atoms with Gasteiger partial charge in [0.25, 0.3) is 0 Å². The molecule has 3 nitrogen and oxygen atoms in total. The molecule has 0 aromatic carbocycles. The summed E-state index contributed by atoms with van der Waals surface area (Å²) >= 11 is 3.74. The number of nitrogens with two attached hydrogens (primary N) is 1. The summed E-state index contributed by atoms with van der Waals surface area (Å²) in [5.74, 6) is 0. The first-order valence-corrected chi connectivity index (χ1v) is 8.08. The molecule has 96 valence electrons. The molecule has 2 rings (SSSR count). The van der Waals surface area contributed by atoms with Crippen molar-refractivity contribution < 1.29 is 0 Å². The van der Waals surface area contributed by atoms with Gasteiger partial charge >= 0.3 is 0 Å². The van der Waals surface area contributed by atoms with Crippen LogP contribution in [0.2, 0.25) is 0 Å². The minimum Gasteiger partial charge on any atom is -0.348 e. The fraction of sp³-hybridized carbons (Fsp3) is 0.750. The molecule has 0 saturated carbocycles. The summed E-state index contributed by atoms with van der Waals surface area (Å²) in [7, 11) is 0. The molecular formula is C12H21N3S2. The van der Waals surface area contributed by atoms with E-state index in [1.165, 1.54) is 28.5 Å². The molecule has 5 heteroatoms. The molecule has 1 aliphatic heterocycles. The average Bonchev–Trinajstić information content (AvgIpc) is 2.70. The van der Waals surface area contributed by atoms with Crippen molar-refractivity contribution in [2.75, 3.05) is 30.8 Å². The first-order chi connectivity index (χ1) is 8.10. The maximum absolute atomic E-state index is 5.91. The normalized spacial score (nSPS) is 19.6. The van der Waals surface area contributed by atoms with Crippen LogP contribution in [0.3, 0.4) is 0 Å². The highest BCUT2D eigenvalue weighted by atomic mass is 32.2. The van der Waals surface area contributed by atoms with E-state index < -0.39 is 0 Å². The Hall–Kier alpha value is -0.260. The molecule has 2 N–H and O–H groups in total. The predicted octanol–water partition coefficient (Wildman–Crippen LogP) is 2.42. The quantitative estimate of drug-likeness (QED) is 0.917. The number of thiazole rings is 1. The van der Waals surface area contributed by atoms with Gasteiger partial charge in [-0.05, 0) is 32.9 Å². The number of hydrogen-bond acceptors (Lipinski definition) is 5. The van der Waals surface area contributed by atoms with E-state index in [1.54, 1.807) is 0 Å². The summed E-state index contributed by atoms with van der Waals surface area (Å²) < 4.78 is 0.303. The Kier molecular flexibility index (Phi) is 4.00. The van der Waals surface area contributed by atoms with Crippen molar-refractivity contribution in [3.8, 4) is 0 Å². The molecule has 1 aromatic rings. The Morgan fingerprint density at radius 3 is 2.47 bits per heavy atom. The number of hydrogen-bond donors (Lipinski definition) is 1. The van der Waals surface area contributed by atoms with E-state index in [0.717, 1.165) is 19.6 Å². The Bertz CT molecular complexity index is 356. The molecule has 17 heavy (non-hydrogen) atoms. The van der Waals surface area contributed by atoms with Crippen molar-refractivity contribution in [1.82, 2.24) is 4.98 Å². The van der Waals surface area contributed by atoms with Crippen LogP contribution in [0.5, 0.6) is 0 Å². The van der Waals surface area contributed by atoms with Crippen LogP contribution in [-0.4, -0.2) is 35.6 Å². The number of aryl methyl sites for hydroxylation is 2. The smallest absolute Gasteiger partial charge is 0.185 e. The van der Waals surface area contributed by atoms with Gasteiger partial charge in [-0.25, -0.2) is 4.98 Å². The standard InChI is InChI=1S/C12H21N3S2/c1-9-10(2)17-11(14-9)15-6-4-12(8-13,16-3)5-7-15/h4-8,13H2,1-3H3. The van der Waals surface area contributed by atoms with Crippen LogP contribution >= 0.6 is 23.1 Å². The first kappa shape index (κ1) is 13.2. The van der Waals surface area contributed by atoms with Crippen molar-refractivity contribution >= 4 is 28.2 Å². The Balaban J connectivity index is 2.04. The summed E-state index contributed by atoms with van der Waals surface area (Å²) in [5.41, 5.74) is 7.08. The third-order valence-corrected chi connectivity index (χ3v) is 6.34. The zero-order valence-electron chi connectivity index (χ0n) is 10.8. The summed E-state index contributed by atoms with van der Waals surface area (Å²) in [4.78, 5) is 8.39. The zero-order valence-corrected chi connectivity index (χ0v) is 12.5. The SMILES string of the molecule is CSC1(CN)CCN(c2nc(C)c(C)s2)CC1. The average molecular weight is 271 g/mol. The summed E-state index contributed by atoms with van der Waals surface area (Å²) in [6.45, 7) is 7.20. The lowest BCUT2D eigenvalue weighted by molar-refractivity contribution is 0.457. The lowest BCUT2D eigenvalue weighted by Crippen LogP contribution is -2.46. The maximum atomic E-state index is 5.91. The predicted molar refractivity (Wildman–Crippen MR) is 78.3 cm³/mol. The molecule has 0 bridgehead atoms. The number of anilines is 1. The van der Waals surface area contributed by atoms with E-state index in [-0.39, 0.29) is 0 Å². The fourth-order valence-electron chi connectivity index (χ4n) is 2.19. The highest BCUT2D eigenvalue weighted by molar-refractivity contribution is 8.00. The summed E-state index contributed by atoms with van der Waals surface area (Å²) in [6, 6.07) is 0. The van der Waals surface area contributed by atoms with Gasteiger partial charge in [0, 0.05) is 29.3 Å². The molecule has 1 aliphatic rings. The van der Waals surface area contributed by atoms with E-state index in [9.17, 15) is 0 Å². The Morgan fingerprint density at radius 1 is 1.41 bits per heavy atom. The van der Waals surface area contributed by atoms with Gasteiger partial charge in [-0.15, -0.1) is 11.3 Å². The minimum absolute atomic E-state index is 0.303. The van der Waals surface area contributed by atoms with Crippen LogP contribution < -0.4 is 10.6 Å². The van der Waals surface area contributed by atoms with Crippen LogP contribution in [0.25, 0.3) is 0 Å². The molecule has 0 aliphatic carbocycles. The van der Waals surface area contributed by atoms with Crippen molar-refractivity contribution in [2.45, 2.75) is 31.4 Å². The van der Waals surface area contributed by atoms with Crippen LogP contribution in [0.15, 0.2) is 0 Å². The number of thioether (sulfide) groups is 1. The molecule has 0 unspecified atom stereocenters. The second-order valence-corrected chi connectivity index (χ2v) is 7.17. The van der Waals surface area contributed by atoms with E-state index in [2.05, 4.69) is 30.0 Å². The Labute approximate surface area is 112 Å². The van der Waals surface area contributed by atoms with Crippen molar-refractivity contribution in [3.05, 3.63) is 10.6 Å². The van der Waals surface area contributed by atoms with Crippen molar-refractivity contribution in [3.63, 3.8) is 0 Å². The molecule has 0 radical (unpaired) electrons. The number of rotatable bonds is 3. The van der Waals surface area contributed by atoms with Gasteiger partial charge in [0.15, 0.2) is 5.13 Å². The summed E-state index contributed by atoms with van der Waals surface area (Å²) in [5, 5.41) is 1.19. The summed E-state index contributed by atoms with van der Waals surface area (Å²) in [6.07, 6.45) is 4.52. The molecular weight excluding hydrogens is 250 g/mol. The van der Waals surface area contributed by atoms with Gasteiger partial charge < -0.3 is 10.6 Å². The molecule has 0 amide bonds. The van der Waals surface area contributed by atoms with Gasteiger partial charge in [-0.2, -0.15) is 11.8 Å². The molecule has 1 aromatic heterocycles. The van der Waals surface area contributed by atoms with Gasteiger partial charge in [0.2, 0.25) is 0 Å². The number of piperidine rings is 1. The Morgan fingerprint density at radius 2 is 2.06 bits per heavy atom. The number of aromatic nitrogens is 1. The minimum atomic E-state index is 0.303. The largest absolute Gasteiger partial charge is 0.348 e. The molecule has 1 fully saturated rings. The second kappa shape index (κ2) is 5.16. The van der Waals surface area contributed by atoms with Gasteiger partial charge in [-0.3, -0.25) is 0 Å². The van der Waals surface area contributed by atoms with E-state index in [1.807, 2.05) is 23.1 Å². The van der Waals surface area contributed by atoms with Gasteiger partial charge in [0.05, 0.1) is 5.69 Å². The van der Waals surface area contributed by atoms with E-state index in [0.29, 0.717) is 4.75 Å². The van der Waals surface area contributed by atoms with E-state index >= 15 is 0 Å². The van der Waals surface area contributed by atoms with Crippen molar-refractivity contribution in [2.24, 2.45) is 5.73 Å². The fourth-order valence-corrected chi connectivity index (χ4v) is 3.91. The van der Waals surface area contributed by atoms with Gasteiger partial charge in [-0.1, -0.05) is 0 Å². The lowest BCUT2D eigenvalue weighted by atomic mass is 9.96. The highest BCUT2D eigenvalue weighted by Gasteiger charge is 2.33.